The molecule has 0 aromatic heterocycles. The topological polar surface area (TPSA) is 17.1 Å². The number of carbonyl (C=O) groups excluding carboxylic acids is 1. The molecular weight excluding hydrogens is 220 g/mol. The molecule has 3 unspecified atom stereocenters. The zero-order valence-corrected chi connectivity index (χ0v) is 12.0. The Morgan fingerprint density at radius 2 is 2.11 bits per heavy atom. The maximum absolute atomic E-state index is 12.9. The van der Waals surface area contributed by atoms with Crippen molar-refractivity contribution in [3.05, 3.63) is 23.8 Å². The molecule has 98 valence electrons. The average Bonchev–Trinajstić information content (AvgIpc) is 2.88. The number of rotatable bonds is 1. The van der Waals surface area contributed by atoms with Gasteiger partial charge < -0.3 is 0 Å². The highest BCUT2D eigenvalue weighted by Crippen LogP contribution is 2.79. The standard InChI is InChI=1S/C17H24O/c1-15(2,3)14(18)17-11-16(17,4)10-12-8-6-5-7-9-13(12)17/h5,7,9,12H,6,8,10-11H2,1-4H3. The Morgan fingerprint density at radius 1 is 1.39 bits per heavy atom. The fourth-order valence-corrected chi connectivity index (χ4v) is 4.47. The van der Waals surface area contributed by atoms with Crippen LogP contribution in [-0.2, 0) is 4.79 Å². The van der Waals surface area contributed by atoms with Gasteiger partial charge in [-0.25, -0.2) is 0 Å². The SMILES string of the molecule is CC(C)(C)C(=O)C12CC1(C)CC1CCC=CC=C12. The highest BCUT2D eigenvalue weighted by atomic mass is 16.1. The molecule has 0 bridgehead atoms. The summed E-state index contributed by atoms with van der Waals surface area (Å²) < 4.78 is 0. The molecule has 18 heavy (non-hydrogen) atoms. The molecule has 0 aromatic carbocycles. The lowest BCUT2D eigenvalue weighted by Gasteiger charge is -2.27. The van der Waals surface area contributed by atoms with Crippen LogP contribution in [0.3, 0.4) is 0 Å². The molecule has 0 aromatic rings. The van der Waals surface area contributed by atoms with Gasteiger partial charge >= 0.3 is 0 Å². The summed E-state index contributed by atoms with van der Waals surface area (Å²) in [5.74, 6) is 1.13. The fraction of sp³-hybridized carbons (Fsp3) is 0.706. The number of allylic oxidation sites excluding steroid dienone is 4. The molecule has 3 aliphatic rings. The molecule has 2 saturated carbocycles. The summed E-state index contributed by atoms with van der Waals surface area (Å²) in [5, 5.41) is 0. The lowest BCUT2D eigenvalue weighted by Crippen LogP contribution is -2.32. The van der Waals surface area contributed by atoms with Gasteiger partial charge in [0.25, 0.3) is 0 Å². The van der Waals surface area contributed by atoms with Crippen LogP contribution in [0.5, 0.6) is 0 Å². The van der Waals surface area contributed by atoms with Crippen LogP contribution in [-0.4, -0.2) is 5.78 Å². The van der Waals surface area contributed by atoms with Crippen molar-refractivity contribution in [1.82, 2.24) is 0 Å². The minimum Gasteiger partial charge on any atom is -0.298 e. The number of carbonyl (C=O) groups is 1. The van der Waals surface area contributed by atoms with Crippen LogP contribution in [0, 0.1) is 22.2 Å². The number of ketones is 1. The fourth-order valence-electron chi connectivity index (χ4n) is 4.47. The summed E-state index contributed by atoms with van der Waals surface area (Å²) in [6, 6.07) is 0. The smallest absolute Gasteiger partial charge is 0.148 e. The third kappa shape index (κ3) is 1.36. The maximum atomic E-state index is 12.9. The normalized spacial score (nSPS) is 41.8. The second-order valence-electron chi connectivity index (χ2n) is 7.75. The molecule has 3 atom stereocenters. The Balaban J connectivity index is 2.05. The molecule has 1 nitrogen and oxygen atoms in total. The Labute approximate surface area is 110 Å². The Hall–Kier alpha value is -0.850. The first kappa shape index (κ1) is 12.2. The highest BCUT2D eigenvalue weighted by molar-refractivity contribution is 5.97. The van der Waals surface area contributed by atoms with E-state index in [0.29, 0.717) is 11.7 Å². The first-order valence-electron chi connectivity index (χ1n) is 7.23. The second kappa shape index (κ2) is 3.37. The van der Waals surface area contributed by atoms with Gasteiger partial charge in [0.2, 0.25) is 0 Å². The van der Waals surface area contributed by atoms with Gasteiger partial charge in [-0.1, -0.05) is 51.5 Å². The van der Waals surface area contributed by atoms with Crippen LogP contribution < -0.4 is 0 Å². The molecule has 0 radical (unpaired) electrons. The van der Waals surface area contributed by atoms with Crippen molar-refractivity contribution in [1.29, 1.82) is 0 Å². The lowest BCUT2D eigenvalue weighted by molar-refractivity contribution is -0.131. The number of hydrogen-bond donors (Lipinski definition) is 0. The van der Waals surface area contributed by atoms with Crippen LogP contribution in [0.1, 0.15) is 53.4 Å². The molecular formula is C17H24O. The molecule has 2 fully saturated rings. The van der Waals surface area contributed by atoms with E-state index in [1.54, 1.807) is 0 Å². The molecule has 3 aliphatic carbocycles. The minimum atomic E-state index is -0.219. The maximum Gasteiger partial charge on any atom is 0.148 e. The Morgan fingerprint density at radius 3 is 2.78 bits per heavy atom. The van der Waals surface area contributed by atoms with Crippen LogP contribution in [0.4, 0.5) is 0 Å². The minimum absolute atomic E-state index is 0.107. The van der Waals surface area contributed by atoms with Crippen molar-refractivity contribution in [2.45, 2.75) is 53.4 Å². The predicted octanol–water partition coefficient (Wildman–Crippen LogP) is 4.29. The third-order valence-corrected chi connectivity index (χ3v) is 5.35. The Bertz CT molecular complexity index is 462. The summed E-state index contributed by atoms with van der Waals surface area (Å²) in [6.07, 6.45) is 11.4. The first-order valence-corrected chi connectivity index (χ1v) is 7.23. The third-order valence-electron chi connectivity index (χ3n) is 5.35. The van der Waals surface area contributed by atoms with E-state index in [0.717, 1.165) is 6.42 Å². The largest absolute Gasteiger partial charge is 0.298 e. The van der Waals surface area contributed by atoms with Gasteiger partial charge in [0.1, 0.15) is 5.78 Å². The van der Waals surface area contributed by atoms with E-state index >= 15 is 0 Å². The highest BCUT2D eigenvalue weighted by Gasteiger charge is 2.75. The molecule has 1 heteroatoms. The predicted molar refractivity (Wildman–Crippen MR) is 74.2 cm³/mol. The van der Waals surface area contributed by atoms with E-state index < -0.39 is 0 Å². The van der Waals surface area contributed by atoms with Gasteiger partial charge in [0, 0.05) is 5.41 Å². The van der Waals surface area contributed by atoms with Crippen molar-refractivity contribution in [2.24, 2.45) is 22.2 Å². The van der Waals surface area contributed by atoms with Crippen molar-refractivity contribution in [3.63, 3.8) is 0 Å². The second-order valence-corrected chi connectivity index (χ2v) is 7.75. The van der Waals surface area contributed by atoms with Gasteiger partial charge in [-0.3, -0.25) is 4.79 Å². The van der Waals surface area contributed by atoms with E-state index in [9.17, 15) is 4.79 Å². The quantitative estimate of drug-likeness (QED) is 0.672. The summed E-state index contributed by atoms with van der Waals surface area (Å²) in [7, 11) is 0. The molecule has 0 N–H and O–H groups in total. The van der Waals surface area contributed by atoms with Gasteiger partial charge in [-0.05, 0) is 37.0 Å². The monoisotopic (exact) mass is 244 g/mol. The van der Waals surface area contributed by atoms with Gasteiger partial charge in [-0.2, -0.15) is 0 Å². The van der Waals surface area contributed by atoms with E-state index in [1.165, 1.54) is 24.8 Å². The van der Waals surface area contributed by atoms with Gasteiger partial charge in [0.05, 0.1) is 5.41 Å². The van der Waals surface area contributed by atoms with E-state index in [-0.39, 0.29) is 16.2 Å². The lowest BCUT2D eigenvalue weighted by atomic mass is 9.75. The molecule has 0 amide bonds. The zero-order chi connectivity index (χ0) is 13.2. The molecule has 3 rings (SSSR count). The number of Topliss-reactive ketones (excluding diaryl/α,β-unsaturated/α-hetero) is 1. The Kier molecular flexibility index (Phi) is 2.29. The van der Waals surface area contributed by atoms with Crippen molar-refractivity contribution < 1.29 is 4.79 Å². The zero-order valence-electron chi connectivity index (χ0n) is 12.0. The van der Waals surface area contributed by atoms with Gasteiger partial charge in [0.15, 0.2) is 0 Å². The summed E-state index contributed by atoms with van der Waals surface area (Å²) in [5.41, 5.74) is 1.39. The molecule has 0 spiro atoms. The van der Waals surface area contributed by atoms with Crippen LogP contribution >= 0.6 is 0 Å². The molecule has 0 aliphatic heterocycles. The van der Waals surface area contributed by atoms with Crippen molar-refractivity contribution in [3.8, 4) is 0 Å². The average molecular weight is 244 g/mol. The van der Waals surface area contributed by atoms with Crippen molar-refractivity contribution >= 4 is 5.78 Å². The van der Waals surface area contributed by atoms with E-state index in [4.69, 9.17) is 0 Å². The van der Waals surface area contributed by atoms with E-state index in [1.807, 2.05) is 0 Å². The summed E-state index contributed by atoms with van der Waals surface area (Å²) in [6.45, 7) is 8.55. The van der Waals surface area contributed by atoms with Crippen LogP contribution in [0.2, 0.25) is 0 Å². The van der Waals surface area contributed by atoms with Crippen LogP contribution in [0.25, 0.3) is 0 Å². The van der Waals surface area contributed by atoms with E-state index in [2.05, 4.69) is 45.9 Å². The summed E-state index contributed by atoms with van der Waals surface area (Å²) in [4.78, 5) is 12.9. The van der Waals surface area contributed by atoms with Crippen LogP contribution in [0.15, 0.2) is 23.8 Å². The number of fused-ring (bicyclic) bond motifs is 3. The van der Waals surface area contributed by atoms with Gasteiger partial charge in [-0.15, -0.1) is 0 Å². The first-order chi connectivity index (χ1) is 8.31. The molecule has 0 heterocycles. The molecule has 0 saturated heterocycles. The van der Waals surface area contributed by atoms with Crippen molar-refractivity contribution in [2.75, 3.05) is 0 Å². The number of hydrogen-bond acceptors (Lipinski definition) is 1. The summed E-state index contributed by atoms with van der Waals surface area (Å²) >= 11 is 0.